The molecule has 0 aliphatic heterocycles. The van der Waals surface area contributed by atoms with Crippen LogP contribution in [0.15, 0.2) is 30.4 Å². The lowest BCUT2D eigenvalue weighted by Gasteiger charge is -2.56. The van der Waals surface area contributed by atoms with Gasteiger partial charge in [0.05, 0.1) is 0 Å². The first-order valence-corrected chi connectivity index (χ1v) is 12.5. The molecule has 3 saturated carbocycles. The van der Waals surface area contributed by atoms with Crippen LogP contribution < -0.4 is 5.32 Å². The van der Waals surface area contributed by atoms with E-state index >= 15 is 0 Å². The fourth-order valence-electron chi connectivity index (χ4n) is 7.51. The van der Waals surface area contributed by atoms with Crippen LogP contribution in [0.5, 0.6) is 0 Å². The summed E-state index contributed by atoms with van der Waals surface area (Å²) in [5.74, 6) is 1.74. The smallest absolute Gasteiger partial charge is 0.133 e. The number of hydrogen-bond acceptors (Lipinski definition) is 3. The SMILES string of the molecule is C=C1CC[C@H]2[C@H](CNCc3ccc(F)cc3C)[C@@H]([C@@]3(C)CCC(=O)C[C@@H]3CO)CC[C@]12C. The number of allylic oxidation sites excluding steroid dienone is 1. The first-order chi connectivity index (χ1) is 15.2. The van der Waals surface area contributed by atoms with Gasteiger partial charge >= 0.3 is 0 Å². The van der Waals surface area contributed by atoms with E-state index in [1.807, 2.05) is 13.0 Å². The lowest BCUT2D eigenvalue weighted by atomic mass is 9.49. The monoisotopic (exact) mass is 441 g/mol. The van der Waals surface area contributed by atoms with E-state index in [-0.39, 0.29) is 29.2 Å². The van der Waals surface area contributed by atoms with Crippen molar-refractivity contribution in [2.75, 3.05) is 13.2 Å². The second-order valence-electron chi connectivity index (χ2n) is 11.3. The Morgan fingerprint density at radius 2 is 1.97 bits per heavy atom. The maximum atomic E-state index is 13.5. The Balaban J connectivity index is 1.57. The van der Waals surface area contributed by atoms with E-state index in [2.05, 4.69) is 25.7 Å². The quantitative estimate of drug-likeness (QED) is 0.566. The largest absolute Gasteiger partial charge is 0.396 e. The lowest BCUT2D eigenvalue weighted by Crippen LogP contribution is -2.52. The topological polar surface area (TPSA) is 49.3 Å². The van der Waals surface area contributed by atoms with Crippen molar-refractivity contribution in [3.8, 4) is 0 Å². The molecule has 2 N–H and O–H groups in total. The van der Waals surface area contributed by atoms with E-state index in [1.54, 1.807) is 6.07 Å². The van der Waals surface area contributed by atoms with Crippen LogP contribution >= 0.6 is 0 Å². The van der Waals surface area contributed by atoms with E-state index in [9.17, 15) is 14.3 Å². The highest BCUT2D eigenvalue weighted by Gasteiger charge is 2.56. The summed E-state index contributed by atoms with van der Waals surface area (Å²) >= 11 is 0. The van der Waals surface area contributed by atoms with Gasteiger partial charge in [0.25, 0.3) is 0 Å². The van der Waals surface area contributed by atoms with Crippen LogP contribution in [0.3, 0.4) is 0 Å². The maximum Gasteiger partial charge on any atom is 0.133 e. The van der Waals surface area contributed by atoms with Gasteiger partial charge in [-0.05, 0) is 103 Å². The van der Waals surface area contributed by atoms with E-state index in [4.69, 9.17) is 0 Å². The van der Waals surface area contributed by atoms with Crippen LogP contribution in [0.25, 0.3) is 0 Å². The number of carbonyl (C=O) groups is 1. The first kappa shape index (κ1) is 23.6. The first-order valence-electron chi connectivity index (χ1n) is 12.5. The zero-order chi connectivity index (χ0) is 23.1. The highest BCUT2D eigenvalue weighted by Crippen LogP contribution is 2.63. The molecule has 0 aromatic heterocycles. The minimum Gasteiger partial charge on any atom is -0.396 e. The standard InChI is InChI=1S/C28H40FNO2/c1-18-13-22(29)7-6-20(18)15-30-16-24-25-8-5-19(2)27(25,3)12-10-26(24)28(4)11-9-23(32)14-21(28)17-31/h6-7,13,21,24-26,30-31H,2,5,8-12,14-17H2,1,3-4H3/t21-,24+,25+,26+,27-,28+/m1/s1. The number of aliphatic hydroxyl groups is 1. The number of fused-ring (bicyclic) bond motifs is 1. The number of nitrogens with one attached hydrogen (secondary N) is 1. The van der Waals surface area contributed by atoms with Crippen LogP contribution in [-0.2, 0) is 11.3 Å². The average Bonchev–Trinajstić information content (AvgIpc) is 3.06. The third-order valence-corrected chi connectivity index (χ3v) is 9.81. The van der Waals surface area contributed by atoms with Crippen molar-refractivity contribution < 1.29 is 14.3 Å². The van der Waals surface area contributed by atoms with Crippen molar-refractivity contribution >= 4 is 5.78 Å². The molecule has 0 unspecified atom stereocenters. The molecule has 0 amide bonds. The second-order valence-corrected chi connectivity index (χ2v) is 11.3. The molecule has 4 heteroatoms. The third-order valence-electron chi connectivity index (χ3n) is 9.81. The second kappa shape index (κ2) is 9.02. The van der Waals surface area contributed by atoms with Crippen LogP contribution in [-0.4, -0.2) is 24.0 Å². The summed E-state index contributed by atoms with van der Waals surface area (Å²) < 4.78 is 13.5. The molecule has 6 atom stereocenters. The summed E-state index contributed by atoms with van der Waals surface area (Å²) in [6.45, 7) is 12.9. The van der Waals surface area contributed by atoms with Crippen LogP contribution in [0.1, 0.15) is 69.9 Å². The van der Waals surface area contributed by atoms with Gasteiger partial charge in [-0.2, -0.15) is 0 Å². The summed E-state index contributed by atoms with van der Waals surface area (Å²) in [5, 5.41) is 13.9. The lowest BCUT2D eigenvalue weighted by molar-refractivity contribution is -0.132. The molecule has 3 fully saturated rings. The molecule has 176 valence electrons. The molecule has 0 bridgehead atoms. The number of rotatable bonds is 6. The number of benzene rings is 1. The average molecular weight is 442 g/mol. The van der Waals surface area contributed by atoms with Crippen molar-refractivity contribution in [1.29, 1.82) is 0 Å². The van der Waals surface area contributed by atoms with Gasteiger partial charge < -0.3 is 10.4 Å². The van der Waals surface area contributed by atoms with Crippen molar-refractivity contribution in [2.24, 2.45) is 34.5 Å². The number of aryl methyl sites for hydroxylation is 1. The highest BCUT2D eigenvalue weighted by atomic mass is 19.1. The Kier molecular flexibility index (Phi) is 6.66. The number of aliphatic hydroxyl groups excluding tert-OH is 1. The normalized spacial score (nSPS) is 37.5. The van der Waals surface area contributed by atoms with Gasteiger partial charge in [0.1, 0.15) is 11.6 Å². The number of hydrogen-bond donors (Lipinski definition) is 2. The molecule has 4 rings (SSSR count). The Morgan fingerprint density at radius 3 is 2.69 bits per heavy atom. The zero-order valence-electron chi connectivity index (χ0n) is 20.1. The van der Waals surface area contributed by atoms with Crippen LogP contribution in [0.2, 0.25) is 0 Å². The molecule has 0 heterocycles. The van der Waals surface area contributed by atoms with Crippen molar-refractivity contribution in [3.05, 3.63) is 47.3 Å². The fraction of sp³-hybridized carbons (Fsp3) is 0.679. The van der Waals surface area contributed by atoms with Gasteiger partial charge in [0.2, 0.25) is 0 Å². The summed E-state index contributed by atoms with van der Waals surface area (Å²) in [6.07, 6.45) is 6.65. The minimum atomic E-state index is -0.186. The van der Waals surface area contributed by atoms with Crippen LogP contribution in [0, 0.1) is 47.2 Å². The summed E-state index contributed by atoms with van der Waals surface area (Å²) in [6, 6.07) is 5.02. The molecule has 1 aromatic carbocycles. The molecule has 3 aliphatic carbocycles. The number of ketones is 1. The van der Waals surface area contributed by atoms with Gasteiger partial charge in [0.15, 0.2) is 0 Å². The summed E-state index contributed by atoms with van der Waals surface area (Å²) in [4.78, 5) is 12.2. The van der Waals surface area contributed by atoms with E-state index in [1.165, 1.54) is 18.1 Å². The van der Waals surface area contributed by atoms with Gasteiger partial charge in [0, 0.05) is 26.0 Å². The summed E-state index contributed by atoms with van der Waals surface area (Å²) in [7, 11) is 0. The maximum absolute atomic E-state index is 13.5. The van der Waals surface area contributed by atoms with Gasteiger partial charge in [-0.15, -0.1) is 0 Å². The van der Waals surface area contributed by atoms with E-state index in [0.717, 1.165) is 49.9 Å². The molecule has 3 nitrogen and oxygen atoms in total. The Hall–Kier alpha value is -1.52. The fourth-order valence-corrected chi connectivity index (χ4v) is 7.51. The van der Waals surface area contributed by atoms with Crippen molar-refractivity contribution in [3.63, 3.8) is 0 Å². The molecule has 0 saturated heterocycles. The molecule has 3 aliphatic rings. The van der Waals surface area contributed by atoms with Gasteiger partial charge in [-0.25, -0.2) is 4.39 Å². The van der Waals surface area contributed by atoms with Crippen molar-refractivity contribution in [1.82, 2.24) is 5.32 Å². The molecule has 0 spiro atoms. The highest BCUT2D eigenvalue weighted by molar-refractivity contribution is 5.79. The number of halogens is 1. The molecule has 1 aromatic rings. The Labute approximate surface area is 192 Å². The van der Waals surface area contributed by atoms with Crippen molar-refractivity contribution in [2.45, 2.75) is 72.3 Å². The van der Waals surface area contributed by atoms with Gasteiger partial charge in [-0.1, -0.05) is 32.1 Å². The van der Waals surface area contributed by atoms with Crippen LogP contribution in [0.4, 0.5) is 4.39 Å². The Morgan fingerprint density at radius 1 is 1.19 bits per heavy atom. The molecule has 0 radical (unpaired) electrons. The predicted molar refractivity (Wildman–Crippen MR) is 127 cm³/mol. The molecular formula is C28H40FNO2. The van der Waals surface area contributed by atoms with E-state index in [0.29, 0.717) is 36.4 Å². The zero-order valence-corrected chi connectivity index (χ0v) is 20.1. The predicted octanol–water partition coefficient (Wildman–Crippen LogP) is 5.59. The summed E-state index contributed by atoms with van der Waals surface area (Å²) in [5.41, 5.74) is 3.72. The molecule has 32 heavy (non-hydrogen) atoms. The Bertz CT molecular complexity index is 882. The third kappa shape index (κ3) is 4.09. The minimum absolute atomic E-state index is 0.00788. The number of carbonyl (C=O) groups excluding carboxylic acids is 1. The van der Waals surface area contributed by atoms with Gasteiger partial charge in [-0.3, -0.25) is 4.79 Å². The number of Topliss-reactive ketones (excluding diaryl/α,β-unsaturated/α-hetero) is 1. The van der Waals surface area contributed by atoms with E-state index < -0.39 is 0 Å². The molecular weight excluding hydrogens is 401 g/mol.